The molecule has 2 rings (SSSR count). The molecule has 5 nitrogen and oxygen atoms in total. The van der Waals surface area contributed by atoms with Crippen LogP contribution in [0.5, 0.6) is 0 Å². The molecule has 5 heteroatoms. The Balaban J connectivity index is 2.13. The molecular weight excluding hydrogens is 266 g/mol. The van der Waals surface area contributed by atoms with Crippen LogP contribution in [0.25, 0.3) is 0 Å². The Labute approximate surface area is 126 Å². The topological polar surface area (TPSA) is 56.7 Å². The number of aromatic carboxylic acids is 1. The van der Waals surface area contributed by atoms with Gasteiger partial charge in [-0.1, -0.05) is 20.3 Å². The van der Waals surface area contributed by atoms with E-state index in [1.54, 1.807) is 12.1 Å². The van der Waals surface area contributed by atoms with Gasteiger partial charge < -0.3 is 10.0 Å². The van der Waals surface area contributed by atoms with Crippen molar-refractivity contribution in [3.8, 4) is 0 Å². The Morgan fingerprint density at radius 2 is 1.90 bits per heavy atom. The van der Waals surface area contributed by atoms with Crippen LogP contribution in [0.1, 0.15) is 42.7 Å². The third-order valence-corrected chi connectivity index (χ3v) is 3.85. The number of piperazine rings is 1. The molecule has 1 fully saturated rings. The molecule has 0 saturated carbocycles. The van der Waals surface area contributed by atoms with Crippen LogP contribution in [0.4, 0.5) is 5.82 Å². The van der Waals surface area contributed by atoms with E-state index in [4.69, 9.17) is 0 Å². The van der Waals surface area contributed by atoms with E-state index in [2.05, 4.69) is 28.6 Å². The number of rotatable bonds is 6. The maximum absolute atomic E-state index is 11.3. The first-order valence-corrected chi connectivity index (χ1v) is 7.85. The number of hydrogen-bond acceptors (Lipinski definition) is 4. The number of carbonyl (C=O) groups is 1. The first-order chi connectivity index (χ1) is 10.1. The molecule has 1 aromatic heterocycles. The molecule has 1 aromatic rings. The maximum atomic E-state index is 11.3. The lowest BCUT2D eigenvalue weighted by Gasteiger charge is -2.35. The summed E-state index contributed by atoms with van der Waals surface area (Å²) in [6, 6.07) is 3.40. The summed E-state index contributed by atoms with van der Waals surface area (Å²) in [6.07, 6.45) is 2.97. The highest BCUT2D eigenvalue weighted by Gasteiger charge is 2.19. The number of aromatic nitrogens is 1. The molecule has 0 amide bonds. The standard InChI is InChI=1S/C16H25N3O2/c1-3-5-14-11-13(16(20)21)12-15(17-14)19-9-7-18(6-4-2)8-10-19/h11-12H,3-10H2,1-2H3,(H,20,21). The van der Waals surface area contributed by atoms with Gasteiger partial charge in [-0.3, -0.25) is 4.90 Å². The summed E-state index contributed by atoms with van der Waals surface area (Å²) in [5, 5.41) is 9.26. The Morgan fingerprint density at radius 1 is 1.19 bits per heavy atom. The zero-order valence-electron chi connectivity index (χ0n) is 13.0. The molecule has 0 bridgehead atoms. The van der Waals surface area contributed by atoms with Gasteiger partial charge in [0.25, 0.3) is 0 Å². The summed E-state index contributed by atoms with van der Waals surface area (Å²) in [5.41, 5.74) is 1.22. The molecule has 0 unspecified atom stereocenters. The molecule has 0 aliphatic carbocycles. The average Bonchev–Trinajstić information content (AvgIpc) is 2.48. The fraction of sp³-hybridized carbons (Fsp3) is 0.625. The molecule has 116 valence electrons. The van der Waals surface area contributed by atoms with Crippen LogP contribution in [-0.2, 0) is 6.42 Å². The maximum Gasteiger partial charge on any atom is 0.335 e. The van der Waals surface area contributed by atoms with Gasteiger partial charge in [-0.25, -0.2) is 9.78 Å². The normalized spacial score (nSPS) is 16.2. The largest absolute Gasteiger partial charge is 0.478 e. The molecule has 1 aliphatic heterocycles. The summed E-state index contributed by atoms with van der Waals surface area (Å²) in [5.74, 6) is -0.0601. The van der Waals surface area contributed by atoms with E-state index in [1.165, 1.54) is 6.42 Å². The zero-order valence-corrected chi connectivity index (χ0v) is 13.0. The smallest absolute Gasteiger partial charge is 0.335 e. The van der Waals surface area contributed by atoms with Crippen LogP contribution >= 0.6 is 0 Å². The Hall–Kier alpha value is -1.62. The fourth-order valence-electron chi connectivity index (χ4n) is 2.76. The third kappa shape index (κ3) is 4.17. The van der Waals surface area contributed by atoms with Crippen molar-refractivity contribution in [1.82, 2.24) is 9.88 Å². The van der Waals surface area contributed by atoms with E-state index in [9.17, 15) is 9.90 Å². The van der Waals surface area contributed by atoms with E-state index in [1.807, 2.05) is 0 Å². The fourth-order valence-corrected chi connectivity index (χ4v) is 2.76. The predicted octanol–water partition coefficient (Wildman–Crippen LogP) is 2.26. The van der Waals surface area contributed by atoms with Crippen molar-refractivity contribution >= 4 is 11.8 Å². The number of carboxylic acids is 1. The summed E-state index contributed by atoms with van der Waals surface area (Å²) in [4.78, 5) is 20.6. The van der Waals surface area contributed by atoms with E-state index in [0.29, 0.717) is 5.56 Å². The van der Waals surface area contributed by atoms with Crippen molar-refractivity contribution in [3.05, 3.63) is 23.4 Å². The third-order valence-electron chi connectivity index (χ3n) is 3.85. The Morgan fingerprint density at radius 3 is 2.48 bits per heavy atom. The van der Waals surface area contributed by atoms with Crippen LogP contribution in [0.15, 0.2) is 12.1 Å². The molecular formula is C16H25N3O2. The second kappa shape index (κ2) is 7.41. The first-order valence-electron chi connectivity index (χ1n) is 7.85. The minimum absolute atomic E-state index is 0.347. The van der Waals surface area contributed by atoms with Crippen molar-refractivity contribution in [1.29, 1.82) is 0 Å². The minimum atomic E-state index is -0.874. The number of aryl methyl sites for hydroxylation is 1. The monoisotopic (exact) mass is 291 g/mol. The lowest BCUT2D eigenvalue weighted by atomic mass is 10.1. The number of carboxylic acid groups (broad SMARTS) is 1. The highest BCUT2D eigenvalue weighted by molar-refractivity contribution is 5.88. The van der Waals surface area contributed by atoms with Gasteiger partial charge in [-0.05, 0) is 31.5 Å². The van der Waals surface area contributed by atoms with E-state index in [0.717, 1.165) is 57.1 Å². The summed E-state index contributed by atoms with van der Waals surface area (Å²) in [7, 11) is 0. The van der Waals surface area contributed by atoms with Gasteiger partial charge in [0.1, 0.15) is 5.82 Å². The Kier molecular flexibility index (Phi) is 5.56. The van der Waals surface area contributed by atoms with Gasteiger partial charge in [0.15, 0.2) is 0 Å². The number of pyridine rings is 1. The van der Waals surface area contributed by atoms with Gasteiger partial charge in [-0.2, -0.15) is 0 Å². The molecule has 1 N–H and O–H groups in total. The second-order valence-electron chi connectivity index (χ2n) is 5.59. The SMILES string of the molecule is CCCc1cc(C(=O)O)cc(N2CCN(CCC)CC2)n1. The van der Waals surface area contributed by atoms with Crippen LogP contribution in [0.3, 0.4) is 0 Å². The minimum Gasteiger partial charge on any atom is -0.478 e. The highest BCUT2D eigenvalue weighted by atomic mass is 16.4. The number of nitrogens with zero attached hydrogens (tertiary/aromatic N) is 3. The quantitative estimate of drug-likeness (QED) is 0.871. The predicted molar refractivity (Wildman–Crippen MR) is 84.1 cm³/mol. The lowest BCUT2D eigenvalue weighted by molar-refractivity contribution is 0.0696. The molecule has 0 radical (unpaired) electrons. The lowest BCUT2D eigenvalue weighted by Crippen LogP contribution is -2.46. The van der Waals surface area contributed by atoms with Crippen molar-refractivity contribution in [2.75, 3.05) is 37.6 Å². The van der Waals surface area contributed by atoms with Gasteiger partial charge >= 0.3 is 5.97 Å². The van der Waals surface area contributed by atoms with Crippen LogP contribution in [0, 0.1) is 0 Å². The number of hydrogen-bond donors (Lipinski definition) is 1. The van der Waals surface area contributed by atoms with Crippen molar-refractivity contribution in [2.24, 2.45) is 0 Å². The molecule has 1 aliphatic rings. The van der Waals surface area contributed by atoms with Crippen LogP contribution in [0.2, 0.25) is 0 Å². The van der Waals surface area contributed by atoms with E-state index in [-0.39, 0.29) is 0 Å². The second-order valence-corrected chi connectivity index (χ2v) is 5.59. The van der Waals surface area contributed by atoms with Gasteiger partial charge in [-0.15, -0.1) is 0 Å². The molecule has 0 atom stereocenters. The molecule has 1 saturated heterocycles. The van der Waals surface area contributed by atoms with Gasteiger partial charge in [0, 0.05) is 31.9 Å². The zero-order chi connectivity index (χ0) is 15.2. The summed E-state index contributed by atoms with van der Waals surface area (Å²) in [6.45, 7) is 9.30. The van der Waals surface area contributed by atoms with Crippen molar-refractivity contribution in [2.45, 2.75) is 33.1 Å². The van der Waals surface area contributed by atoms with Crippen LogP contribution < -0.4 is 4.90 Å². The average molecular weight is 291 g/mol. The molecule has 21 heavy (non-hydrogen) atoms. The first kappa shape index (κ1) is 15.8. The summed E-state index contributed by atoms with van der Waals surface area (Å²) < 4.78 is 0. The van der Waals surface area contributed by atoms with E-state index < -0.39 is 5.97 Å². The van der Waals surface area contributed by atoms with Gasteiger partial charge in [0.05, 0.1) is 5.56 Å². The van der Waals surface area contributed by atoms with Gasteiger partial charge in [0.2, 0.25) is 0 Å². The Bertz CT molecular complexity index is 482. The summed E-state index contributed by atoms with van der Waals surface area (Å²) >= 11 is 0. The number of anilines is 1. The van der Waals surface area contributed by atoms with Crippen molar-refractivity contribution in [3.63, 3.8) is 0 Å². The molecule has 0 aromatic carbocycles. The molecule has 2 heterocycles. The highest BCUT2D eigenvalue weighted by Crippen LogP contribution is 2.18. The molecule has 0 spiro atoms. The van der Waals surface area contributed by atoms with E-state index >= 15 is 0 Å². The van der Waals surface area contributed by atoms with Crippen molar-refractivity contribution < 1.29 is 9.90 Å². The van der Waals surface area contributed by atoms with Crippen LogP contribution in [-0.4, -0.2) is 53.7 Å².